The van der Waals surface area contributed by atoms with Gasteiger partial charge >= 0.3 is 0 Å². The summed E-state index contributed by atoms with van der Waals surface area (Å²) in [5.41, 5.74) is 22.4. The molecule has 0 amide bonds. The van der Waals surface area contributed by atoms with Crippen molar-refractivity contribution in [2.24, 2.45) is 0 Å². The molecule has 2 aliphatic carbocycles. The van der Waals surface area contributed by atoms with Crippen LogP contribution < -0.4 is 4.90 Å². The molecule has 0 saturated heterocycles. The van der Waals surface area contributed by atoms with Crippen LogP contribution in [0.1, 0.15) is 49.9 Å². The molecule has 70 heavy (non-hydrogen) atoms. The van der Waals surface area contributed by atoms with Gasteiger partial charge in [0, 0.05) is 44.1 Å². The van der Waals surface area contributed by atoms with Crippen LogP contribution in [0, 0.1) is 0 Å². The summed E-state index contributed by atoms with van der Waals surface area (Å²) >= 11 is 0. The average molecular weight is 895 g/mol. The summed E-state index contributed by atoms with van der Waals surface area (Å²) < 4.78 is 2.40. The molecule has 11 aromatic carbocycles. The Bertz CT molecular complexity index is 4060. The van der Waals surface area contributed by atoms with Crippen LogP contribution in [0.15, 0.2) is 231 Å². The summed E-state index contributed by atoms with van der Waals surface area (Å²) in [6.45, 7) is 9.55. The van der Waals surface area contributed by atoms with E-state index < -0.39 is 0 Å². The molecular formula is C68H50N2. The second-order valence-corrected chi connectivity index (χ2v) is 20.4. The van der Waals surface area contributed by atoms with E-state index in [9.17, 15) is 0 Å². The van der Waals surface area contributed by atoms with E-state index in [2.05, 4.69) is 268 Å². The molecule has 1 heterocycles. The Kier molecular flexibility index (Phi) is 8.71. The zero-order valence-corrected chi connectivity index (χ0v) is 39.8. The molecule has 12 aromatic rings. The molecule has 14 rings (SSSR count). The number of hydrogen-bond acceptors (Lipinski definition) is 1. The van der Waals surface area contributed by atoms with Crippen LogP contribution in [-0.2, 0) is 10.8 Å². The minimum atomic E-state index is -0.153. The van der Waals surface area contributed by atoms with Gasteiger partial charge in [0.1, 0.15) is 0 Å². The van der Waals surface area contributed by atoms with Gasteiger partial charge in [-0.15, -0.1) is 0 Å². The van der Waals surface area contributed by atoms with Crippen LogP contribution in [0.5, 0.6) is 0 Å². The lowest BCUT2D eigenvalue weighted by Gasteiger charge is -2.30. The molecule has 1 aromatic heterocycles. The molecule has 0 bridgehead atoms. The maximum atomic E-state index is 2.51. The van der Waals surface area contributed by atoms with E-state index in [1.807, 2.05) is 0 Å². The Balaban J connectivity index is 1.05. The third kappa shape index (κ3) is 5.74. The van der Waals surface area contributed by atoms with Gasteiger partial charge in [-0.25, -0.2) is 0 Å². The molecule has 0 radical (unpaired) electrons. The van der Waals surface area contributed by atoms with Crippen molar-refractivity contribution in [3.05, 3.63) is 253 Å². The quantitative estimate of drug-likeness (QED) is 0.151. The summed E-state index contributed by atoms with van der Waals surface area (Å²) in [6.07, 6.45) is 0. The number of anilines is 3. The number of hydrogen-bond donors (Lipinski definition) is 0. The minimum Gasteiger partial charge on any atom is -0.310 e. The highest BCUT2D eigenvalue weighted by Gasteiger charge is 2.37. The molecule has 2 nitrogen and oxygen atoms in total. The highest BCUT2D eigenvalue weighted by molar-refractivity contribution is 6.25. The molecule has 2 aliphatic rings. The third-order valence-electron chi connectivity index (χ3n) is 16.0. The Morgan fingerprint density at radius 1 is 0.329 bits per heavy atom. The van der Waals surface area contributed by atoms with Crippen molar-refractivity contribution in [3.63, 3.8) is 0 Å². The predicted octanol–water partition coefficient (Wildman–Crippen LogP) is 18.5. The molecule has 0 saturated carbocycles. The first-order valence-corrected chi connectivity index (χ1v) is 24.7. The summed E-state index contributed by atoms with van der Waals surface area (Å²) in [5, 5.41) is 7.46. The Morgan fingerprint density at radius 3 is 1.36 bits per heavy atom. The van der Waals surface area contributed by atoms with Gasteiger partial charge in [-0.2, -0.15) is 0 Å². The van der Waals surface area contributed by atoms with E-state index in [1.165, 1.54) is 110 Å². The first-order chi connectivity index (χ1) is 34.3. The number of para-hydroxylation sites is 3. The van der Waals surface area contributed by atoms with Gasteiger partial charge in [0.05, 0.1) is 16.7 Å². The van der Waals surface area contributed by atoms with Gasteiger partial charge in [0.25, 0.3) is 0 Å². The summed E-state index contributed by atoms with van der Waals surface area (Å²) in [6, 6.07) is 86.2. The van der Waals surface area contributed by atoms with Gasteiger partial charge in [-0.05, 0) is 150 Å². The average Bonchev–Trinajstić information content (AvgIpc) is 3.95. The van der Waals surface area contributed by atoms with Crippen molar-refractivity contribution in [2.45, 2.75) is 38.5 Å². The second-order valence-electron chi connectivity index (χ2n) is 20.4. The van der Waals surface area contributed by atoms with Crippen LogP contribution >= 0.6 is 0 Å². The highest BCUT2D eigenvalue weighted by Crippen LogP contribution is 2.55. The molecule has 0 spiro atoms. The van der Waals surface area contributed by atoms with Gasteiger partial charge in [0.15, 0.2) is 0 Å². The Hall–Kier alpha value is -8.46. The van der Waals surface area contributed by atoms with Crippen molar-refractivity contribution in [1.82, 2.24) is 4.57 Å². The number of rotatable bonds is 6. The molecule has 332 valence electrons. The third-order valence-corrected chi connectivity index (χ3v) is 16.0. The fraction of sp³-hybridized carbons (Fsp3) is 0.0882. The van der Waals surface area contributed by atoms with Gasteiger partial charge in [0.2, 0.25) is 0 Å². The number of aromatic nitrogens is 1. The van der Waals surface area contributed by atoms with E-state index in [-0.39, 0.29) is 10.8 Å². The molecule has 0 unspecified atom stereocenters. The lowest BCUT2D eigenvalue weighted by atomic mass is 9.79. The first kappa shape index (κ1) is 40.6. The maximum Gasteiger partial charge on any atom is 0.0546 e. The number of fused-ring (bicyclic) bond motifs is 11. The highest BCUT2D eigenvalue weighted by atomic mass is 15.1. The lowest BCUT2D eigenvalue weighted by molar-refractivity contribution is 0.660. The molecule has 0 atom stereocenters. The molecule has 0 aliphatic heterocycles. The predicted molar refractivity (Wildman–Crippen MR) is 296 cm³/mol. The zero-order chi connectivity index (χ0) is 46.9. The Labute approximate surface area is 409 Å². The van der Waals surface area contributed by atoms with Crippen LogP contribution in [0.4, 0.5) is 17.1 Å². The topological polar surface area (TPSA) is 8.17 Å². The SMILES string of the molecule is CC1(C)c2ccccc2-c2ccc(-c3c4ccccc4c(-c4ccc5c(c4)C(C)(C)c4ccccc4-5)c4c(N(c5ccccc5)c5ccc(-n6c7ccccc7c7ccccc76)cc5)cccc34)cc21. The second kappa shape index (κ2) is 15.0. The molecule has 0 N–H and O–H groups in total. The van der Waals surface area contributed by atoms with Crippen LogP contribution in [0.3, 0.4) is 0 Å². The van der Waals surface area contributed by atoms with Crippen molar-refractivity contribution in [3.8, 4) is 50.2 Å². The lowest BCUT2D eigenvalue weighted by Crippen LogP contribution is -2.15. The van der Waals surface area contributed by atoms with E-state index in [1.54, 1.807) is 0 Å². The Morgan fingerprint density at radius 2 is 0.771 bits per heavy atom. The fourth-order valence-electron chi connectivity index (χ4n) is 12.7. The molecular weight excluding hydrogens is 845 g/mol. The van der Waals surface area contributed by atoms with E-state index >= 15 is 0 Å². The normalized spacial score (nSPS) is 13.9. The van der Waals surface area contributed by atoms with Crippen LogP contribution in [0.25, 0.3) is 93.5 Å². The largest absolute Gasteiger partial charge is 0.310 e. The maximum absolute atomic E-state index is 2.51. The van der Waals surface area contributed by atoms with Crippen molar-refractivity contribution in [2.75, 3.05) is 4.90 Å². The van der Waals surface area contributed by atoms with Crippen LogP contribution in [0.2, 0.25) is 0 Å². The van der Waals surface area contributed by atoms with Crippen molar-refractivity contribution < 1.29 is 0 Å². The van der Waals surface area contributed by atoms with Gasteiger partial charge < -0.3 is 9.47 Å². The number of nitrogens with zero attached hydrogens (tertiary/aromatic N) is 2. The molecule has 0 fully saturated rings. The first-order valence-electron chi connectivity index (χ1n) is 24.7. The summed E-state index contributed by atoms with van der Waals surface area (Å²) in [4.78, 5) is 2.48. The van der Waals surface area contributed by atoms with Crippen molar-refractivity contribution in [1.29, 1.82) is 0 Å². The minimum absolute atomic E-state index is 0.136. The van der Waals surface area contributed by atoms with E-state index in [0.29, 0.717) is 0 Å². The zero-order valence-electron chi connectivity index (χ0n) is 39.8. The molecule has 2 heteroatoms. The van der Waals surface area contributed by atoms with E-state index in [4.69, 9.17) is 0 Å². The number of benzene rings is 11. The van der Waals surface area contributed by atoms with Gasteiger partial charge in [-0.3, -0.25) is 0 Å². The van der Waals surface area contributed by atoms with E-state index in [0.717, 1.165) is 22.7 Å². The van der Waals surface area contributed by atoms with Gasteiger partial charge in [-0.1, -0.05) is 191 Å². The summed E-state index contributed by atoms with van der Waals surface area (Å²) in [7, 11) is 0. The monoisotopic (exact) mass is 894 g/mol. The standard InChI is InChI=1S/C68H50N2/c1-67(2)57-28-14-10-21-48(57)50-39-33-43(41-59(50)67)64-54-25-8-9-26-55(54)65(44-34-40-51-49-22-11-15-29-58(49)68(3,4)60(51)42-44)66-56(64)27-18-32-63(66)69(45-19-6-5-7-20-45)46-35-37-47(38-36-46)70-61-30-16-12-23-52(61)53-24-13-17-31-62(53)70/h5-42H,1-4H3. The summed E-state index contributed by atoms with van der Waals surface area (Å²) in [5.74, 6) is 0. The van der Waals surface area contributed by atoms with Crippen LogP contribution in [-0.4, -0.2) is 4.57 Å². The van der Waals surface area contributed by atoms with Crippen molar-refractivity contribution >= 4 is 60.4 Å². The smallest absolute Gasteiger partial charge is 0.0546 e. The fourth-order valence-corrected chi connectivity index (χ4v) is 12.7.